The molecule has 0 aromatic heterocycles. The van der Waals surface area contributed by atoms with Crippen molar-refractivity contribution in [1.29, 1.82) is 0 Å². The number of rotatable bonds is 15. The van der Waals surface area contributed by atoms with Gasteiger partial charge in [0.05, 0.1) is 36.7 Å². The summed E-state index contributed by atoms with van der Waals surface area (Å²) in [6.07, 6.45) is 5.46. The number of aliphatic hydroxyl groups is 1. The molecule has 0 aliphatic carbocycles. The van der Waals surface area contributed by atoms with Gasteiger partial charge < -0.3 is 29.3 Å². The Morgan fingerprint density at radius 1 is 1.09 bits per heavy atom. The predicted molar refractivity (Wildman–Crippen MR) is 182 cm³/mol. The molecular formula is C38H49N3O6. The van der Waals surface area contributed by atoms with Gasteiger partial charge in [-0.2, -0.15) is 0 Å². The number of aliphatic hydroxyl groups excluding tert-OH is 1. The van der Waals surface area contributed by atoms with Crippen molar-refractivity contribution in [2.45, 2.75) is 70.2 Å². The van der Waals surface area contributed by atoms with Crippen molar-refractivity contribution in [1.82, 2.24) is 9.80 Å². The topological polar surface area (TPSA) is 99.6 Å². The molecule has 1 spiro atoms. The molecule has 5 rings (SSSR count). The average Bonchev–Trinajstić information content (AvgIpc) is 3.59. The van der Waals surface area contributed by atoms with Crippen LogP contribution in [0.3, 0.4) is 0 Å². The lowest BCUT2D eigenvalue weighted by Crippen LogP contribution is -2.57. The number of anilines is 1. The third kappa shape index (κ3) is 5.78. The minimum absolute atomic E-state index is 0.130. The van der Waals surface area contributed by atoms with Crippen LogP contribution in [0.5, 0.6) is 5.75 Å². The molecule has 3 aliphatic rings. The predicted octanol–water partition coefficient (Wildman–Crippen LogP) is 5.16. The zero-order valence-corrected chi connectivity index (χ0v) is 28.1. The summed E-state index contributed by atoms with van der Waals surface area (Å²) in [5.74, 6) is -2.09. The van der Waals surface area contributed by atoms with Gasteiger partial charge in [-0.1, -0.05) is 62.8 Å². The number of benzene rings is 2. The Morgan fingerprint density at radius 2 is 1.77 bits per heavy atom. The van der Waals surface area contributed by atoms with Gasteiger partial charge in [0.1, 0.15) is 17.4 Å². The van der Waals surface area contributed by atoms with E-state index in [1.54, 1.807) is 22.0 Å². The normalized spacial score (nSPS) is 28.1. The Balaban J connectivity index is 1.64. The Labute approximate surface area is 278 Å². The second-order valence-corrected chi connectivity index (χ2v) is 13.1. The van der Waals surface area contributed by atoms with E-state index >= 15 is 0 Å². The quantitative estimate of drug-likeness (QED) is 0.269. The first-order valence-corrected chi connectivity index (χ1v) is 16.9. The molecule has 3 unspecified atom stereocenters. The molecule has 2 bridgehead atoms. The number of amides is 3. The van der Waals surface area contributed by atoms with E-state index in [2.05, 4.69) is 20.1 Å². The Kier molecular flexibility index (Phi) is 10.3. The van der Waals surface area contributed by atoms with E-state index in [1.807, 2.05) is 75.4 Å². The van der Waals surface area contributed by atoms with Gasteiger partial charge in [-0.05, 0) is 62.4 Å². The summed E-state index contributed by atoms with van der Waals surface area (Å²) in [7, 11) is 0. The summed E-state index contributed by atoms with van der Waals surface area (Å²) in [5, 5.41) is 10.8. The summed E-state index contributed by atoms with van der Waals surface area (Å²) >= 11 is 0. The average molecular weight is 644 g/mol. The van der Waals surface area contributed by atoms with Crippen LogP contribution in [0.25, 0.3) is 0 Å². The highest BCUT2D eigenvalue weighted by molar-refractivity contribution is 6.03. The van der Waals surface area contributed by atoms with E-state index in [0.717, 1.165) is 12.8 Å². The molecular weight excluding hydrogens is 594 g/mol. The smallest absolute Gasteiger partial charge is 0.248 e. The molecule has 0 radical (unpaired) electrons. The Morgan fingerprint density at radius 3 is 2.36 bits per heavy atom. The maximum atomic E-state index is 15.0. The molecule has 7 atom stereocenters. The van der Waals surface area contributed by atoms with Crippen molar-refractivity contribution in [3.63, 3.8) is 0 Å². The molecule has 2 aromatic rings. The van der Waals surface area contributed by atoms with Crippen molar-refractivity contribution in [2.75, 3.05) is 37.7 Å². The van der Waals surface area contributed by atoms with Gasteiger partial charge in [-0.3, -0.25) is 14.4 Å². The van der Waals surface area contributed by atoms with Gasteiger partial charge in [-0.15, -0.1) is 13.2 Å². The fourth-order valence-corrected chi connectivity index (χ4v) is 8.18. The van der Waals surface area contributed by atoms with Crippen LogP contribution in [0, 0.1) is 17.8 Å². The molecule has 252 valence electrons. The Bertz CT molecular complexity index is 1460. The largest absolute Gasteiger partial charge is 0.494 e. The molecule has 3 amide bonds. The number of fused-ring (bicyclic) bond motifs is 1. The molecule has 3 fully saturated rings. The van der Waals surface area contributed by atoms with E-state index in [0.29, 0.717) is 43.1 Å². The lowest BCUT2D eigenvalue weighted by molar-refractivity contribution is -0.155. The van der Waals surface area contributed by atoms with Gasteiger partial charge in [0, 0.05) is 25.3 Å². The molecule has 47 heavy (non-hydrogen) atoms. The minimum atomic E-state index is -1.25. The highest BCUT2D eigenvalue weighted by Crippen LogP contribution is 2.66. The Hall–Kier alpha value is -3.95. The molecule has 1 N–H and O–H groups in total. The number of carbonyl (C=O) groups is 3. The molecule has 3 aliphatic heterocycles. The maximum Gasteiger partial charge on any atom is 0.248 e. The summed E-state index contributed by atoms with van der Waals surface area (Å²) in [5.41, 5.74) is -0.896. The van der Waals surface area contributed by atoms with Crippen LogP contribution in [-0.2, 0) is 19.1 Å². The number of unbranched alkanes of at least 4 members (excludes halogenated alkanes) is 1. The van der Waals surface area contributed by atoms with Crippen LogP contribution in [0.15, 0.2) is 79.9 Å². The highest BCUT2D eigenvalue weighted by atomic mass is 16.5. The van der Waals surface area contributed by atoms with Crippen LogP contribution in [-0.4, -0.2) is 82.7 Å². The standard InChI is InChI=1S/C38H49N3O6/c1-7-11-23-39(21-8-2)36(45)33-38-24-26(5)37(6,47-38)31(32(38)35(44)41(33)30(25-42)27-15-13-12-14-16-27)34(43)40(22-9-3)28-17-19-29(20-18-28)46-10-4/h8-9,12-20,26,30-33,42H,2-3,7,10-11,21-25H2,1,4-6H3/t26?,30-,31-,32+,33?,37+,38?/m1/s1. The third-order valence-corrected chi connectivity index (χ3v) is 10.4. The fourth-order valence-electron chi connectivity index (χ4n) is 8.18. The van der Waals surface area contributed by atoms with Crippen molar-refractivity contribution in [3.8, 4) is 5.75 Å². The number of hydrogen-bond donors (Lipinski definition) is 1. The number of carbonyl (C=O) groups excluding carboxylic acids is 3. The van der Waals surface area contributed by atoms with Crippen LogP contribution in [0.2, 0.25) is 0 Å². The zero-order valence-electron chi connectivity index (χ0n) is 28.1. The molecule has 9 heteroatoms. The maximum absolute atomic E-state index is 15.0. The molecule has 3 heterocycles. The van der Waals surface area contributed by atoms with E-state index in [4.69, 9.17) is 9.47 Å². The first-order valence-electron chi connectivity index (χ1n) is 16.9. The minimum Gasteiger partial charge on any atom is -0.494 e. The van der Waals surface area contributed by atoms with E-state index in [-0.39, 0.29) is 36.8 Å². The van der Waals surface area contributed by atoms with Crippen LogP contribution in [0.4, 0.5) is 5.69 Å². The van der Waals surface area contributed by atoms with Gasteiger partial charge in [0.2, 0.25) is 17.7 Å². The summed E-state index contributed by atoms with van der Waals surface area (Å²) < 4.78 is 12.6. The second kappa shape index (κ2) is 14.0. The van der Waals surface area contributed by atoms with Crippen molar-refractivity contribution in [2.24, 2.45) is 17.8 Å². The molecule has 9 nitrogen and oxygen atoms in total. The third-order valence-electron chi connectivity index (χ3n) is 10.4. The summed E-state index contributed by atoms with van der Waals surface area (Å²) in [4.78, 5) is 49.6. The first-order chi connectivity index (χ1) is 22.6. The molecule has 3 saturated heterocycles. The zero-order chi connectivity index (χ0) is 33.9. The fraction of sp³-hybridized carbons (Fsp3) is 0.500. The first kappa shape index (κ1) is 34.4. The molecule has 0 saturated carbocycles. The molecule has 2 aromatic carbocycles. The summed E-state index contributed by atoms with van der Waals surface area (Å²) in [6, 6.07) is 14.7. The van der Waals surface area contributed by atoms with E-state index in [9.17, 15) is 19.5 Å². The van der Waals surface area contributed by atoms with Crippen molar-refractivity contribution in [3.05, 3.63) is 85.5 Å². The highest BCUT2D eigenvalue weighted by Gasteiger charge is 2.80. The van der Waals surface area contributed by atoms with Gasteiger partial charge >= 0.3 is 0 Å². The number of ether oxygens (including phenoxy) is 2. The number of nitrogens with zero attached hydrogens (tertiary/aromatic N) is 3. The SMILES string of the molecule is C=CCN(CCCC)C(=O)C1N([C@H](CO)c2ccccc2)C(=O)[C@@H]2[C@H](C(=O)N(CC=C)c3ccc(OCC)cc3)[C@@]3(C)OC12CC3C. The lowest BCUT2D eigenvalue weighted by Gasteiger charge is -2.39. The van der Waals surface area contributed by atoms with Gasteiger partial charge in [0.15, 0.2) is 0 Å². The number of hydrogen-bond acceptors (Lipinski definition) is 6. The van der Waals surface area contributed by atoms with Crippen LogP contribution >= 0.6 is 0 Å². The van der Waals surface area contributed by atoms with Crippen molar-refractivity contribution >= 4 is 23.4 Å². The van der Waals surface area contributed by atoms with Crippen molar-refractivity contribution < 1.29 is 29.0 Å². The lowest BCUT2D eigenvalue weighted by atomic mass is 9.62. The van der Waals surface area contributed by atoms with Gasteiger partial charge in [-0.25, -0.2) is 0 Å². The van der Waals surface area contributed by atoms with Crippen LogP contribution in [0.1, 0.15) is 58.6 Å². The van der Waals surface area contributed by atoms with Crippen LogP contribution < -0.4 is 9.64 Å². The van der Waals surface area contributed by atoms with E-state index in [1.165, 1.54) is 4.90 Å². The second-order valence-electron chi connectivity index (χ2n) is 13.1. The van der Waals surface area contributed by atoms with E-state index < -0.39 is 35.1 Å². The van der Waals surface area contributed by atoms with Gasteiger partial charge in [0.25, 0.3) is 0 Å². The summed E-state index contributed by atoms with van der Waals surface area (Å²) in [6.45, 7) is 16.9. The monoisotopic (exact) mass is 643 g/mol. The number of likely N-dealkylation sites (tertiary alicyclic amines) is 1.